The number of Topliss-reactive ketones (excluding diaryl/α,β-unsaturated/α-hetero) is 1. The lowest BCUT2D eigenvalue weighted by Gasteiger charge is -2.26. The summed E-state index contributed by atoms with van der Waals surface area (Å²) >= 11 is 7.23. The highest BCUT2D eigenvalue weighted by molar-refractivity contribution is 7.18. The van der Waals surface area contributed by atoms with Crippen LogP contribution in [0.3, 0.4) is 0 Å². The van der Waals surface area contributed by atoms with Crippen molar-refractivity contribution in [3.05, 3.63) is 51.4 Å². The van der Waals surface area contributed by atoms with E-state index in [1.807, 2.05) is 32.0 Å². The minimum atomic E-state index is -0.184. The van der Waals surface area contributed by atoms with Gasteiger partial charge in [0.15, 0.2) is 5.78 Å². The molecule has 0 spiro atoms. The van der Waals surface area contributed by atoms with Crippen LogP contribution in [0.4, 0.5) is 0 Å². The number of likely N-dealkylation sites (N-methyl/N-ethyl adjacent to an activating group) is 1. The van der Waals surface area contributed by atoms with E-state index in [-0.39, 0.29) is 11.8 Å². The first kappa shape index (κ1) is 15.2. The Morgan fingerprint density at radius 3 is 2.75 bits per heavy atom. The number of carbonyl (C=O) groups excluding carboxylic acids is 1. The Morgan fingerprint density at radius 2 is 2.20 bits per heavy atom. The van der Waals surface area contributed by atoms with Gasteiger partial charge in [0, 0.05) is 12.7 Å². The minimum Gasteiger partial charge on any atom is -0.291 e. The molecule has 0 aromatic carbocycles. The van der Waals surface area contributed by atoms with Gasteiger partial charge >= 0.3 is 0 Å². The average Bonchev–Trinajstić information content (AvgIpc) is 2.91. The van der Waals surface area contributed by atoms with Gasteiger partial charge < -0.3 is 0 Å². The fraction of sp³-hybridized carbons (Fsp3) is 0.333. The number of halogens is 1. The van der Waals surface area contributed by atoms with Crippen molar-refractivity contribution in [3.63, 3.8) is 0 Å². The molecule has 2 rings (SSSR count). The molecule has 1 atom stereocenters. The van der Waals surface area contributed by atoms with E-state index < -0.39 is 0 Å². The van der Waals surface area contributed by atoms with Crippen molar-refractivity contribution in [2.75, 3.05) is 6.54 Å². The SMILES string of the molecule is CCN(Cc1ccccn1)C(C)C(=O)c1ccc(Cl)s1. The summed E-state index contributed by atoms with van der Waals surface area (Å²) in [5, 5.41) is 0. The third-order valence-corrected chi connectivity index (χ3v) is 4.49. The van der Waals surface area contributed by atoms with E-state index in [0.29, 0.717) is 15.8 Å². The molecule has 0 aliphatic rings. The Kier molecular flexibility index (Phi) is 5.29. The normalized spacial score (nSPS) is 12.6. The van der Waals surface area contributed by atoms with E-state index in [0.717, 1.165) is 12.2 Å². The first-order valence-electron chi connectivity index (χ1n) is 6.55. The van der Waals surface area contributed by atoms with Gasteiger partial charge in [0.2, 0.25) is 0 Å². The van der Waals surface area contributed by atoms with Crippen LogP contribution >= 0.6 is 22.9 Å². The number of ketones is 1. The second kappa shape index (κ2) is 6.97. The van der Waals surface area contributed by atoms with Gasteiger partial charge in [-0.25, -0.2) is 0 Å². The van der Waals surface area contributed by atoms with Gasteiger partial charge in [-0.1, -0.05) is 24.6 Å². The molecule has 0 N–H and O–H groups in total. The highest BCUT2D eigenvalue weighted by Crippen LogP contribution is 2.24. The Hall–Kier alpha value is -1.23. The average molecular weight is 309 g/mol. The largest absolute Gasteiger partial charge is 0.291 e. The van der Waals surface area contributed by atoms with Crippen molar-refractivity contribution in [2.24, 2.45) is 0 Å². The molecule has 0 fully saturated rings. The standard InChI is InChI=1S/C15H17ClN2OS/c1-3-18(10-12-6-4-5-9-17-12)11(2)15(19)13-7-8-14(16)20-13/h4-9,11H,3,10H2,1-2H3. The molecule has 0 bridgehead atoms. The van der Waals surface area contributed by atoms with E-state index in [9.17, 15) is 4.79 Å². The molecule has 20 heavy (non-hydrogen) atoms. The van der Waals surface area contributed by atoms with Crippen molar-refractivity contribution in [1.29, 1.82) is 0 Å². The molecule has 2 aromatic heterocycles. The molecule has 2 aromatic rings. The highest BCUT2D eigenvalue weighted by Gasteiger charge is 2.23. The molecule has 0 saturated heterocycles. The summed E-state index contributed by atoms with van der Waals surface area (Å²) < 4.78 is 0.647. The van der Waals surface area contributed by atoms with Crippen LogP contribution in [-0.4, -0.2) is 28.3 Å². The summed E-state index contributed by atoms with van der Waals surface area (Å²) in [7, 11) is 0. The van der Waals surface area contributed by atoms with E-state index in [1.165, 1.54) is 11.3 Å². The topological polar surface area (TPSA) is 33.2 Å². The zero-order valence-electron chi connectivity index (χ0n) is 11.5. The molecule has 1 unspecified atom stereocenters. The maximum Gasteiger partial charge on any atom is 0.189 e. The third-order valence-electron chi connectivity index (χ3n) is 3.24. The van der Waals surface area contributed by atoms with Crippen molar-refractivity contribution < 1.29 is 4.79 Å². The second-order valence-electron chi connectivity index (χ2n) is 4.53. The number of rotatable bonds is 6. The predicted octanol–water partition coefficient (Wildman–Crippen LogP) is 3.89. The minimum absolute atomic E-state index is 0.111. The molecule has 0 saturated carbocycles. The van der Waals surface area contributed by atoms with Gasteiger partial charge in [-0.15, -0.1) is 11.3 Å². The fourth-order valence-electron chi connectivity index (χ4n) is 2.04. The van der Waals surface area contributed by atoms with Crippen LogP contribution in [0, 0.1) is 0 Å². The van der Waals surface area contributed by atoms with Gasteiger partial charge in [0.05, 0.1) is 20.9 Å². The summed E-state index contributed by atoms with van der Waals surface area (Å²) in [4.78, 5) is 19.6. The number of pyridine rings is 1. The van der Waals surface area contributed by atoms with Gasteiger partial charge in [-0.3, -0.25) is 14.7 Å². The Morgan fingerprint density at radius 1 is 1.40 bits per heavy atom. The number of thiophene rings is 1. The lowest BCUT2D eigenvalue weighted by Crippen LogP contribution is -2.38. The monoisotopic (exact) mass is 308 g/mol. The van der Waals surface area contributed by atoms with Crippen LogP contribution in [0.5, 0.6) is 0 Å². The van der Waals surface area contributed by atoms with Crippen molar-refractivity contribution in [1.82, 2.24) is 9.88 Å². The van der Waals surface area contributed by atoms with Crippen molar-refractivity contribution >= 4 is 28.7 Å². The van der Waals surface area contributed by atoms with Crippen LogP contribution in [0.15, 0.2) is 36.5 Å². The summed E-state index contributed by atoms with van der Waals surface area (Å²) in [6, 6.07) is 9.20. The summed E-state index contributed by atoms with van der Waals surface area (Å²) in [5.74, 6) is 0.111. The second-order valence-corrected chi connectivity index (χ2v) is 6.24. The summed E-state index contributed by atoms with van der Waals surface area (Å²) in [6.07, 6.45) is 1.77. The van der Waals surface area contributed by atoms with Gasteiger partial charge in [-0.05, 0) is 37.7 Å². The summed E-state index contributed by atoms with van der Waals surface area (Å²) in [6.45, 7) is 5.45. The lowest BCUT2D eigenvalue weighted by atomic mass is 10.1. The number of hydrogen-bond donors (Lipinski definition) is 0. The third kappa shape index (κ3) is 3.66. The van der Waals surface area contributed by atoms with Gasteiger partial charge in [0.25, 0.3) is 0 Å². The van der Waals surface area contributed by atoms with E-state index >= 15 is 0 Å². The van der Waals surface area contributed by atoms with Gasteiger partial charge in [-0.2, -0.15) is 0 Å². The molecule has 0 aliphatic heterocycles. The quantitative estimate of drug-likeness (QED) is 0.759. The molecule has 0 radical (unpaired) electrons. The molecular weight excluding hydrogens is 292 g/mol. The molecule has 2 heterocycles. The molecule has 3 nitrogen and oxygen atoms in total. The van der Waals surface area contributed by atoms with Gasteiger partial charge in [0.1, 0.15) is 0 Å². The number of hydrogen-bond acceptors (Lipinski definition) is 4. The number of aromatic nitrogens is 1. The smallest absolute Gasteiger partial charge is 0.189 e. The zero-order chi connectivity index (χ0) is 14.5. The van der Waals surface area contributed by atoms with Crippen LogP contribution < -0.4 is 0 Å². The van der Waals surface area contributed by atoms with Crippen LogP contribution in [-0.2, 0) is 6.54 Å². The molecule has 0 aliphatic carbocycles. The lowest BCUT2D eigenvalue weighted by molar-refractivity contribution is 0.0838. The molecule has 106 valence electrons. The first-order chi connectivity index (χ1) is 9.61. The first-order valence-corrected chi connectivity index (χ1v) is 7.74. The number of nitrogens with zero attached hydrogens (tertiary/aromatic N) is 2. The summed E-state index contributed by atoms with van der Waals surface area (Å²) in [5.41, 5.74) is 0.971. The molecular formula is C15H17ClN2OS. The zero-order valence-corrected chi connectivity index (χ0v) is 13.1. The van der Waals surface area contributed by atoms with Crippen LogP contribution in [0.1, 0.15) is 29.2 Å². The Bertz CT molecular complexity index is 570. The number of carbonyl (C=O) groups is 1. The Balaban J connectivity index is 2.09. The van der Waals surface area contributed by atoms with E-state index in [4.69, 9.17) is 11.6 Å². The van der Waals surface area contributed by atoms with Crippen molar-refractivity contribution in [3.8, 4) is 0 Å². The predicted molar refractivity (Wildman–Crippen MR) is 83.4 cm³/mol. The van der Waals surface area contributed by atoms with Crippen molar-refractivity contribution in [2.45, 2.75) is 26.4 Å². The van der Waals surface area contributed by atoms with E-state index in [1.54, 1.807) is 18.3 Å². The molecule has 0 amide bonds. The Labute approximate surface area is 128 Å². The maximum absolute atomic E-state index is 12.4. The highest BCUT2D eigenvalue weighted by atomic mass is 35.5. The maximum atomic E-state index is 12.4. The molecule has 5 heteroatoms. The van der Waals surface area contributed by atoms with Crippen LogP contribution in [0.25, 0.3) is 0 Å². The fourth-order valence-corrected chi connectivity index (χ4v) is 3.11. The van der Waals surface area contributed by atoms with E-state index in [2.05, 4.69) is 9.88 Å². The van der Waals surface area contributed by atoms with Crippen LogP contribution in [0.2, 0.25) is 4.34 Å².